The van der Waals surface area contributed by atoms with E-state index in [1.165, 1.54) is 33.5 Å². The van der Waals surface area contributed by atoms with Gasteiger partial charge in [-0.25, -0.2) is 9.59 Å². The zero-order chi connectivity index (χ0) is 24.5. The summed E-state index contributed by atoms with van der Waals surface area (Å²) in [5, 5.41) is 19.1. The molecule has 0 radical (unpaired) electrons. The van der Waals surface area contributed by atoms with E-state index in [2.05, 4.69) is 47.5 Å². The molecule has 0 bridgehead atoms. The number of anilines is 1. The summed E-state index contributed by atoms with van der Waals surface area (Å²) in [4.78, 5) is 21.6. The van der Waals surface area contributed by atoms with Crippen molar-refractivity contribution >= 4 is 17.6 Å². The van der Waals surface area contributed by atoms with Crippen molar-refractivity contribution in [3.05, 3.63) is 70.3 Å². The lowest BCUT2D eigenvalue weighted by molar-refractivity contribution is -0.134. The number of methoxy groups -OCH3 is 1. The second-order valence-corrected chi connectivity index (χ2v) is 8.22. The van der Waals surface area contributed by atoms with E-state index in [1.807, 2.05) is 0 Å². The molecule has 182 valence electrons. The maximum Gasteiger partial charge on any atom is 0.328 e. The minimum absolute atomic E-state index is 0.558. The third kappa shape index (κ3) is 6.59. The van der Waals surface area contributed by atoms with Crippen molar-refractivity contribution in [3.8, 4) is 5.75 Å². The number of hydrogen-bond acceptors (Lipinski definition) is 6. The predicted octanol–water partition coefficient (Wildman–Crippen LogP) is 2.94. The summed E-state index contributed by atoms with van der Waals surface area (Å²) in [6.45, 7) is 7.60. The number of aliphatic carboxylic acids is 2. The second-order valence-electron chi connectivity index (χ2n) is 8.22. The fourth-order valence-electron chi connectivity index (χ4n) is 4.41. The molecule has 0 unspecified atom stereocenters. The van der Waals surface area contributed by atoms with Gasteiger partial charge in [0.15, 0.2) is 0 Å². The number of hydrogen-bond donors (Lipinski definition) is 3. The van der Waals surface area contributed by atoms with Crippen molar-refractivity contribution in [1.82, 2.24) is 5.32 Å². The number of fused-ring (bicyclic) bond motifs is 2. The molecule has 0 saturated carbocycles. The van der Waals surface area contributed by atoms with E-state index in [4.69, 9.17) is 19.7 Å². The van der Waals surface area contributed by atoms with Crippen molar-refractivity contribution < 1.29 is 29.3 Å². The molecule has 8 heteroatoms. The molecule has 8 nitrogen and oxygen atoms in total. The monoisotopic (exact) mass is 468 g/mol. The molecule has 0 aromatic heterocycles. The minimum Gasteiger partial charge on any atom is -0.490 e. The van der Waals surface area contributed by atoms with E-state index in [1.54, 1.807) is 7.11 Å². The summed E-state index contributed by atoms with van der Waals surface area (Å²) in [7, 11) is 1.76. The molecule has 3 N–H and O–H groups in total. The zero-order valence-electron chi connectivity index (χ0n) is 19.7. The molecule has 2 aromatic rings. The molecule has 0 saturated heterocycles. The van der Waals surface area contributed by atoms with E-state index < -0.39 is 11.9 Å². The topological polar surface area (TPSA) is 108 Å². The van der Waals surface area contributed by atoms with Gasteiger partial charge in [0.1, 0.15) is 12.4 Å². The van der Waals surface area contributed by atoms with Gasteiger partial charge < -0.3 is 29.9 Å². The Labute approximate surface area is 199 Å². The SMILES string of the molecule is COCc1ccccc1CN1CCOc2cc3c(c(C)c21)CCNCC3.O=C(O)/C=C/C(=O)O. The first-order chi connectivity index (χ1) is 16.4. The Morgan fingerprint density at radius 2 is 1.79 bits per heavy atom. The van der Waals surface area contributed by atoms with Crippen LogP contribution in [0.5, 0.6) is 5.75 Å². The van der Waals surface area contributed by atoms with Gasteiger partial charge in [-0.2, -0.15) is 0 Å². The van der Waals surface area contributed by atoms with Crippen LogP contribution in [0.1, 0.15) is 27.8 Å². The zero-order valence-corrected chi connectivity index (χ0v) is 19.7. The Morgan fingerprint density at radius 3 is 2.47 bits per heavy atom. The van der Waals surface area contributed by atoms with Crippen LogP contribution in [0.2, 0.25) is 0 Å². The first-order valence-electron chi connectivity index (χ1n) is 11.3. The summed E-state index contributed by atoms with van der Waals surface area (Å²) < 4.78 is 11.5. The second kappa shape index (κ2) is 12.2. The van der Waals surface area contributed by atoms with Crippen LogP contribution in [0.3, 0.4) is 0 Å². The molecule has 2 aromatic carbocycles. The maximum atomic E-state index is 9.55. The lowest BCUT2D eigenvalue weighted by atomic mass is 9.94. The molecular formula is C26H32N2O6. The fraction of sp³-hybridized carbons (Fsp3) is 0.385. The predicted molar refractivity (Wildman–Crippen MR) is 130 cm³/mol. The lowest BCUT2D eigenvalue weighted by Gasteiger charge is -2.34. The van der Waals surface area contributed by atoms with Gasteiger partial charge in [-0.05, 0) is 66.7 Å². The van der Waals surface area contributed by atoms with Gasteiger partial charge in [-0.1, -0.05) is 24.3 Å². The highest BCUT2D eigenvalue weighted by molar-refractivity contribution is 5.89. The Bertz CT molecular complexity index is 1030. The first-order valence-corrected chi connectivity index (χ1v) is 11.3. The van der Waals surface area contributed by atoms with E-state index in [-0.39, 0.29) is 0 Å². The Balaban J connectivity index is 0.000000350. The molecule has 0 spiro atoms. The van der Waals surface area contributed by atoms with Crippen LogP contribution in [0.25, 0.3) is 0 Å². The fourth-order valence-corrected chi connectivity index (χ4v) is 4.41. The van der Waals surface area contributed by atoms with Crippen LogP contribution < -0.4 is 15.0 Å². The molecule has 2 heterocycles. The number of nitrogens with one attached hydrogen (secondary N) is 1. The van der Waals surface area contributed by atoms with Gasteiger partial charge in [0.05, 0.1) is 18.8 Å². The third-order valence-corrected chi connectivity index (χ3v) is 5.94. The number of carbonyl (C=O) groups is 2. The van der Waals surface area contributed by atoms with Gasteiger partial charge in [-0.15, -0.1) is 0 Å². The van der Waals surface area contributed by atoms with Gasteiger partial charge in [0.2, 0.25) is 0 Å². The molecule has 0 fully saturated rings. The highest BCUT2D eigenvalue weighted by Gasteiger charge is 2.25. The Hall–Kier alpha value is -3.36. The minimum atomic E-state index is -1.26. The standard InChI is InChI=1S/C22H28N2O2.C4H4O4/c1-16-20-8-10-23-9-7-17(20)13-21-22(16)24(11-12-26-21)14-18-5-3-4-6-19(18)15-25-2;5-3(6)1-2-4(7)8/h3-6,13,23H,7-12,14-15H2,1-2H3;1-2H,(H,5,6)(H,7,8)/b;2-1+. The summed E-state index contributed by atoms with van der Waals surface area (Å²) >= 11 is 0. The van der Waals surface area contributed by atoms with E-state index >= 15 is 0 Å². The maximum absolute atomic E-state index is 9.55. The molecule has 34 heavy (non-hydrogen) atoms. The molecule has 2 aliphatic rings. The number of nitrogens with zero attached hydrogens (tertiary/aromatic N) is 1. The van der Waals surface area contributed by atoms with Crippen molar-refractivity contribution in [2.24, 2.45) is 0 Å². The van der Waals surface area contributed by atoms with Crippen molar-refractivity contribution in [3.63, 3.8) is 0 Å². The number of carboxylic acids is 2. The molecule has 0 atom stereocenters. The van der Waals surface area contributed by atoms with E-state index in [0.29, 0.717) is 18.8 Å². The van der Waals surface area contributed by atoms with E-state index in [0.717, 1.165) is 51.4 Å². The number of carboxylic acid groups (broad SMARTS) is 2. The third-order valence-electron chi connectivity index (χ3n) is 5.94. The molecule has 0 amide bonds. The smallest absolute Gasteiger partial charge is 0.328 e. The molecular weight excluding hydrogens is 436 g/mol. The van der Waals surface area contributed by atoms with Gasteiger partial charge in [0, 0.05) is 25.8 Å². The number of rotatable bonds is 6. The first kappa shape index (κ1) is 25.3. The van der Waals surface area contributed by atoms with Gasteiger partial charge in [0.25, 0.3) is 0 Å². The number of ether oxygens (including phenoxy) is 2. The Morgan fingerprint density at radius 1 is 1.12 bits per heavy atom. The van der Waals surface area contributed by atoms with Crippen LogP contribution in [0, 0.1) is 6.92 Å². The normalized spacial score (nSPS) is 14.8. The quantitative estimate of drug-likeness (QED) is 0.556. The van der Waals surface area contributed by atoms with Crippen LogP contribution in [-0.4, -0.2) is 55.5 Å². The molecule has 2 aliphatic heterocycles. The summed E-state index contributed by atoms with van der Waals surface area (Å²) in [5.41, 5.74) is 8.23. The van der Waals surface area contributed by atoms with Gasteiger partial charge >= 0.3 is 11.9 Å². The average Bonchev–Trinajstić information content (AvgIpc) is 3.05. The van der Waals surface area contributed by atoms with Crippen LogP contribution in [0.4, 0.5) is 5.69 Å². The average molecular weight is 469 g/mol. The highest BCUT2D eigenvalue weighted by atomic mass is 16.5. The summed E-state index contributed by atoms with van der Waals surface area (Å²) in [6.07, 6.45) is 3.30. The van der Waals surface area contributed by atoms with Crippen molar-refractivity contribution in [1.29, 1.82) is 0 Å². The van der Waals surface area contributed by atoms with Crippen LogP contribution in [0.15, 0.2) is 42.5 Å². The Kier molecular flexibility index (Phi) is 9.07. The summed E-state index contributed by atoms with van der Waals surface area (Å²) in [5.74, 6) is -1.46. The van der Waals surface area contributed by atoms with Crippen molar-refractivity contribution in [2.45, 2.75) is 32.9 Å². The van der Waals surface area contributed by atoms with Gasteiger partial charge in [-0.3, -0.25) is 0 Å². The summed E-state index contributed by atoms with van der Waals surface area (Å²) in [6, 6.07) is 10.9. The molecule has 4 rings (SSSR count). The highest BCUT2D eigenvalue weighted by Crippen LogP contribution is 2.40. The van der Waals surface area contributed by atoms with Crippen LogP contribution in [-0.2, 0) is 40.3 Å². The van der Waals surface area contributed by atoms with Crippen molar-refractivity contribution in [2.75, 3.05) is 38.3 Å². The molecule has 0 aliphatic carbocycles. The number of benzene rings is 2. The largest absolute Gasteiger partial charge is 0.490 e. The lowest BCUT2D eigenvalue weighted by Crippen LogP contribution is -2.33. The van der Waals surface area contributed by atoms with Crippen LogP contribution >= 0.6 is 0 Å². The van der Waals surface area contributed by atoms with E-state index in [9.17, 15) is 9.59 Å².